The average molecular weight is 479 g/mol. The lowest BCUT2D eigenvalue weighted by Crippen LogP contribution is -2.56. The van der Waals surface area contributed by atoms with Crippen molar-refractivity contribution in [3.63, 3.8) is 0 Å². The zero-order valence-corrected chi connectivity index (χ0v) is 23.3. The summed E-state index contributed by atoms with van der Waals surface area (Å²) in [5.41, 5.74) is 2.57. The molecule has 0 radical (unpaired) electrons. The third-order valence-electron chi connectivity index (χ3n) is 11.1. The first kappa shape index (κ1) is 25.7. The van der Waals surface area contributed by atoms with Crippen LogP contribution in [-0.4, -0.2) is 20.8 Å². The number of hydrogen-bond donors (Lipinski definition) is 0. The summed E-state index contributed by atoms with van der Waals surface area (Å²) in [6.07, 6.45) is 17.1. The Morgan fingerprint density at radius 1 is 0.970 bits per heavy atom. The second-order valence-electron chi connectivity index (χ2n) is 13.7. The van der Waals surface area contributed by atoms with E-state index < -0.39 is 10.1 Å². The summed E-state index contributed by atoms with van der Waals surface area (Å²) in [7, 11) is -3.39. The lowest BCUT2D eigenvalue weighted by Gasteiger charge is -2.63. The normalized spacial score (nSPS) is 44.1. The highest BCUT2D eigenvalue weighted by atomic mass is 32.2. The highest BCUT2D eigenvalue weighted by molar-refractivity contribution is 7.86. The molecule has 8 atom stereocenters. The van der Waals surface area contributed by atoms with E-state index in [1.165, 1.54) is 63.2 Å². The van der Waals surface area contributed by atoms with Gasteiger partial charge in [0.2, 0.25) is 0 Å². The van der Waals surface area contributed by atoms with Crippen molar-refractivity contribution < 1.29 is 12.6 Å². The monoisotopic (exact) mass is 478 g/mol. The number of hydrogen-bond acceptors (Lipinski definition) is 3. The summed E-state index contributed by atoms with van der Waals surface area (Å²) in [5.74, 6) is 4.08. The maximum Gasteiger partial charge on any atom is 0.264 e. The molecule has 0 spiro atoms. The fraction of sp³-hybridized carbons (Fsp3) is 0.931. The molecule has 3 nitrogen and oxygen atoms in total. The van der Waals surface area contributed by atoms with Gasteiger partial charge in [-0.25, -0.2) is 0 Å². The quantitative estimate of drug-likeness (QED) is 0.277. The molecule has 0 bridgehead atoms. The van der Waals surface area contributed by atoms with Crippen LogP contribution in [0.25, 0.3) is 0 Å². The van der Waals surface area contributed by atoms with Crippen molar-refractivity contribution in [1.29, 1.82) is 0 Å². The first-order valence-corrected chi connectivity index (χ1v) is 15.7. The minimum atomic E-state index is -3.39. The molecular formula is C29H50O3S. The maximum absolute atomic E-state index is 11.7. The van der Waals surface area contributed by atoms with Crippen molar-refractivity contribution in [3.05, 3.63) is 11.6 Å². The molecule has 0 saturated heterocycles. The standard InChI is InChI=1S/C29H50O3S/c1-20(2)9-8-10-21(3)24-11-12-25-28(24,5)18-15-26-27(4)17-14-23(32-33(7,30)31)19-22(27)13-16-29(25,26)6/h13,20-21,23-26H,8-12,14-19H2,1-7H3/t21-,23+,24-,25-,26-,27+,28-,29+/m1/s1. The van der Waals surface area contributed by atoms with E-state index in [4.69, 9.17) is 4.18 Å². The highest BCUT2D eigenvalue weighted by Gasteiger charge is 2.64. The van der Waals surface area contributed by atoms with Gasteiger partial charge in [0, 0.05) is 0 Å². The summed E-state index contributed by atoms with van der Waals surface area (Å²) in [4.78, 5) is 0. The Bertz CT molecular complexity index is 860. The van der Waals surface area contributed by atoms with E-state index in [2.05, 4.69) is 47.6 Å². The van der Waals surface area contributed by atoms with Gasteiger partial charge in [0.1, 0.15) is 0 Å². The second kappa shape index (κ2) is 8.95. The summed E-state index contributed by atoms with van der Waals surface area (Å²) < 4.78 is 28.9. The summed E-state index contributed by atoms with van der Waals surface area (Å²) in [5, 5.41) is 0. The maximum atomic E-state index is 11.7. The van der Waals surface area contributed by atoms with Crippen LogP contribution in [0.5, 0.6) is 0 Å². The molecule has 4 rings (SSSR count). The van der Waals surface area contributed by atoms with Crippen LogP contribution in [0.15, 0.2) is 11.6 Å². The van der Waals surface area contributed by atoms with Crippen LogP contribution in [0.3, 0.4) is 0 Å². The Hall–Kier alpha value is -0.350. The van der Waals surface area contributed by atoms with Crippen molar-refractivity contribution >= 4 is 10.1 Å². The smallest absolute Gasteiger partial charge is 0.264 e. The zero-order valence-electron chi connectivity index (χ0n) is 22.5. The van der Waals surface area contributed by atoms with E-state index in [-0.39, 0.29) is 11.5 Å². The second-order valence-corrected chi connectivity index (χ2v) is 15.3. The Morgan fingerprint density at radius 3 is 2.36 bits per heavy atom. The first-order valence-electron chi connectivity index (χ1n) is 13.9. The Morgan fingerprint density at radius 2 is 1.70 bits per heavy atom. The van der Waals surface area contributed by atoms with E-state index in [1.54, 1.807) is 0 Å². The van der Waals surface area contributed by atoms with E-state index in [0.717, 1.165) is 48.9 Å². The largest absolute Gasteiger partial charge is 0.267 e. The van der Waals surface area contributed by atoms with Crippen LogP contribution in [0, 0.1) is 45.8 Å². The topological polar surface area (TPSA) is 43.4 Å². The third kappa shape index (κ3) is 4.61. The fourth-order valence-electron chi connectivity index (χ4n) is 9.64. The van der Waals surface area contributed by atoms with Gasteiger partial charge in [0.05, 0.1) is 12.4 Å². The SMILES string of the molecule is CC(C)CCC[C@@H](C)[C@H]1CC[C@@H]2[C@]1(C)CC[C@H]1[C@@]2(C)CC=C2C[C@@H](OS(C)(=O)=O)CC[C@@]21C. The molecule has 4 heteroatoms. The van der Waals surface area contributed by atoms with Crippen molar-refractivity contribution in [1.82, 2.24) is 0 Å². The van der Waals surface area contributed by atoms with Gasteiger partial charge in [0.15, 0.2) is 0 Å². The van der Waals surface area contributed by atoms with Crippen LogP contribution < -0.4 is 0 Å². The molecule has 0 amide bonds. The molecule has 3 saturated carbocycles. The lowest BCUT2D eigenvalue weighted by molar-refractivity contribution is -0.113. The zero-order chi connectivity index (χ0) is 24.2. The van der Waals surface area contributed by atoms with Crippen LogP contribution in [0.1, 0.15) is 112 Å². The average Bonchev–Trinajstić information content (AvgIpc) is 3.05. The summed E-state index contributed by atoms with van der Waals surface area (Å²) in [6, 6.07) is 0. The van der Waals surface area contributed by atoms with Gasteiger partial charge in [0.25, 0.3) is 10.1 Å². The predicted molar refractivity (Wildman–Crippen MR) is 137 cm³/mol. The minimum absolute atomic E-state index is 0.167. The molecule has 4 aliphatic rings. The number of rotatable bonds is 7. The minimum Gasteiger partial charge on any atom is -0.267 e. The van der Waals surface area contributed by atoms with Gasteiger partial charge in [-0.05, 0) is 97.2 Å². The van der Waals surface area contributed by atoms with Crippen LogP contribution >= 0.6 is 0 Å². The van der Waals surface area contributed by atoms with E-state index in [0.29, 0.717) is 10.8 Å². The fourth-order valence-corrected chi connectivity index (χ4v) is 10.3. The molecule has 4 aliphatic carbocycles. The van der Waals surface area contributed by atoms with E-state index in [1.807, 2.05) is 0 Å². The Balaban J connectivity index is 1.52. The van der Waals surface area contributed by atoms with Gasteiger partial charge >= 0.3 is 0 Å². The predicted octanol–water partition coefficient (Wildman–Crippen LogP) is 7.76. The number of fused-ring (bicyclic) bond motifs is 5. The summed E-state index contributed by atoms with van der Waals surface area (Å²) in [6.45, 7) is 15.0. The Kier molecular flexibility index (Phi) is 6.98. The molecule has 3 fully saturated rings. The molecule has 190 valence electrons. The van der Waals surface area contributed by atoms with E-state index >= 15 is 0 Å². The Labute approximate surface area is 204 Å². The molecule has 0 heterocycles. The van der Waals surface area contributed by atoms with Crippen molar-refractivity contribution in [2.24, 2.45) is 45.8 Å². The molecule has 0 aromatic carbocycles. The molecule has 0 aromatic heterocycles. The lowest BCUT2D eigenvalue weighted by atomic mass is 9.41. The first-order chi connectivity index (χ1) is 15.3. The molecule has 33 heavy (non-hydrogen) atoms. The van der Waals surface area contributed by atoms with Gasteiger partial charge in [-0.15, -0.1) is 0 Å². The summed E-state index contributed by atoms with van der Waals surface area (Å²) >= 11 is 0. The van der Waals surface area contributed by atoms with Crippen LogP contribution in [0.4, 0.5) is 0 Å². The molecule has 0 aliphatic heterocycles. The van der Waals surface area contributed by atoms with Crippen molar-refractivity contribution in [2.75, 3.05) is 6.26 Å². The number of allylic oxidation sites excluding steroid dienone is 1. The van der Waals surface area contributed by atoms with Crippen molar-refractivity contribution in [3.8, 4) is 0 Å². The molecule has 0 N–H and O–H groups in total. The highest BCUT2D eigenvalue weighted by Crippen LogP contribution is 2.72. The third-order valence-corrected chi connectivity index (χ3v) is 11.8. The van der Waals surface area contributed by atoms with Gasteiger partial charge in [-0.3, -0.25) is 4.18 Å². The van der Waals surface area contributed by atoms with Gasteiger partial charge in [-0.2, -0.15) is 8.42 Å². The van der Waals surface area contributed by atoms with Crippen molar-refractivity contribution in [2.45, 2.75) is 118 Å². The molecule has 0 unspecified atom stereocenters. The van der Waals surface area contributed by atoms with Gasteiger partial charge < -0.3 is 0 Å². The van der Waals surface area contributed by atoms with Crippen LogP contribution in [-0.2, 0) is 14.3 Å². The van der Waals surface area contributed by atoms with Gasteiger partial charge in [-0.1, -0.05) is 72.5 Å². The molecular weight excluding hydrogens is 428 g/mol. The van der Waals surface area contributed by atoms with E-state index in [9.17, 15) is 8.42 Å². The van der Waals surface area contributed by atoms with Crippen LogP contribution in [0.2, 0.25) is 0 Å². The molecule has 0 aromatic rings.